The molecule has 1 aromatic carbocycles. The quantitative estimate of drug-likeness (QED) is 0.718. The van der Waals surface area contributed by atoms with E-state index < -0.39 is 36.5 Å². The molecule has 1 aromatic heterocycles. The molecule has 1 heterocycles. The number of rotatable bonds is 4. The van der Waals surface area contributed by atoms with E-state index >= 15 is 0 Å². The number of hydrogen-bond donors (Lipinski definition) is 0. The third-order valence-electron chi connectivity index (χ3n) is 3.56. The van der Waals surface area contributed by atoms with Crippen molar-refractivity contribution in [3.8, 4) is 11.8 Å². The van der Waals surface area contributed by atoms with E-state index in [1.165, 1.54) is 31.4 Å². The van der Waals surface area contributed by atoms with Crippen molar-refractivity contribution in [3.05, 3.63) is 35.0 Å². The molecular formula is C16H12F6N2O. The lowest BCUT2D eigenvalue weighted by molar-refractivity contribution is -0.141. The summed E-state index contributed by atoms with van der Waals surface area (Å²) in [6, 6.07) is 5.60. The van der Waals surface area contributed by atoms with Gasteiger partial charge in [-0.1, -0.05) is 6.07 Å². The molecule has 0 atom stereocenters. The van der Waals surface area contributed by atoms with Gasteiger partial charge in [0.15, 0.2) is 5.69 Å². The number of aromatic nitrogens is 1. The molecule has 2 rings (SSSR count). The monoisotopic (exact) mass is 362 g/mol. The topological polar surface area (TPSA) is 45.9 Å². The third-order valence-corrected chi connectivity index (χ3v) is 3.56. The molecule has 0 spiro atoms. The van der Waals surface area contributed by atoms with Gasteiger partial charge in [-0.15, -0.1) is 0 Å². The number of halogens is 6. The molecule has 0 saturated carbocycles. The van der Waals surface area contributed by atoms with Crippen molar-refractivity contribution in [1.29, 1.82) is 5.26 Å². The molecule has 3 nitrogen and oxygen atoms in total. The van der Waals surface area contributed by atoms with E-state index in [-0.39, 0.29) is 28.6 Å². The van der Waals surface area contributed by atoms with E-state index in [0.717, 1.165) is 0 Å². The molecule has 0 unspecified atom stereocenters. The Hall–Kier alpha value is -2.50. The van der Waals surface area contributed by atoms with Gasteiger partial charge in [0, 0.05) is 11.8 Å². The van der Waals surface area contributed by atoms with Crippen LogP contribution in [-0.4, -0.2) is 18.3 Å². The van der Waals surface area contributed by atoms with E-state index in [0.29, 0.717) is 0 Å². The van der Waals surface area contributed by atoms with E-state index in [2.05, 4.69) is 4.98 Å². The van der Waals surface area contributed by atoms with Crippen LogP contribution in [0.15, 0.2) is 18.2 Å². The Morgan fingerprint density at radius 3 is 2.36 bits per heavy atom. The lowest BCUT2D eigenvalue weighted by Gasteiger charge is -2.17. The van der Waals surface area contributed by atoms with Gasteiger partial charge in [-0.3, -0.25) is 0 Å². The number of ether oxygens (including phenoxy) is 1. The maximum absolute atomic E-state index is 13.2. The maximum atomic E-state index is 13.2. The zero-order valence-electron chi connectivity index (χ0n) is 12.9. The Balaban J connectivity index is 2.70. The number of aryl methyl sites for hydroxylation is 1. The largest absolute Gasteiger partial charge is 0.496 e. The highest BCUT2D eigenvalue weighted by atomic mass is 19.4. The molecule has 0 aliphatic carbocycles. The van der Waals surface area contributed by atoms with Gasteiger partial charge in [-0.05, 0) is 30.5 Å². The summed E-state index contributed by atoms with van der Waals surface area (Å²) in [6.45, 7) is 0. The van der Waals surface area contributed by atoms with Crippen molar-refractivity contribution >= 4 is 10.9 Å². The first-order chi connectivity index (χ1) is 11.6. The van der Waals surface area contributed by atoms with Crippen molar-refractivity contribution < 1.29 is 31.1 Å². The zero-order valence-corrected chi connectivity index (χ0v) is 12.9. The van der Waals surface area contributed by atoms with Gasteiger partial charge in [-0.25, -0.2) is 4.98 Å². The Bertz CT molecular complexity index is 820. The van der Waals surface area contributed by atoms with Crippen molar-refractivity contribution in [2.45, 2.75) is 31.6 Å². The van der Waals surface area contributed by atoms with Gasteiger partial charge < -0.3 is 4.74 Å². The fourth-order valence-corrected chi connectivity index (χ4v) is 2.57. The third kappa shape index (κ3) is 4.13. The summed E-state index contributed by atoms with van der Waals surface area (Å²) < 4.78 is 81.9. The van der Waals surface area contributed by atoms with Gasteiger partial charge in [-0.2, -0.15) is 31.6 Å². The minimum absolute atomic E-state index is 0.0901. The van der Waals surface area contributed by atoms with Crippen molar-refractivity contribution in [3.63, 3.8) is 0 Å². The molecule has 0 radical (unpaired) electrons. The van der Waals surface area contributed by atoms with E-state index in [1.54, 1.807) is 0 Å². The van der Waals surface area contributed by atoms with Crippen LogP contribution in [-0.2, 0) is 12.6 Å². The first-order valence-corrected chi connectivity index (χ1v) is 7.12. The lowest BCUT2D eigenvalue weighted by atomic mass is 9.95. The SMILES string of the molecule is COc1cccc2nc(C(F)(F)F)c(C#N)c(CCCC(F)(F)F)c12. The number of nitrogens with zero attached hydrogens (tertiary/aromatic N) is 2. The van der Waals surface area contributed by atoms with Gasteiger partial charge in [0.05, 0.1) is 18.2 Å². The predicted octanol–water partition coefficient (Wildman–Crippen LogP) is 5.02. The number of methoxy groups -OCH3 is 1. The first kappa shape index (κ1) is 18.8. The number of benzene rings is 1. The zero-order chi connectivity index (χ0) is 18.8. The Morgan fingerprint density at radius 1 is 1.16 bits per heavy atom. The summed E-state index contributed by atoms with van der Waals surface area (Å²) in [6.07, 6.45) is -11.3. The van der Waals surface area contributed by atoms with Crippen LogP contribution in [0.3, 0.4) is 0 Å². The fourth-order valence-electron chi connectivity index (χ4n) is 2.57. The Kier molecular flexibility index (Phi) is 5.11. The summed E-state index contributed by atoms with van der Waals surface area (Å²) in [7, 11) is 1.28. The van der Waals surface area contributed by atoms with Crippen LogP contribution in [0.25, 0.3) is 10.9 Å². The van der Waals surface area contributed by atoms with Crippen LogP contribution in [0, 0.1) is 11.3 Å². The summed E-state index contributed by atoms with van der Waals surface area (Å²) >= 11 is 0. The highest BCUT2D eigenvalue weighted by Gasteiger charge is 2.38. The molecule has 2 aromatic rings. The second-order valence-electron chi connectivity index (χ2n) is 5.25. The molecule has 0 N–H and O–H groups in total. The lowest BCUT2D eigenvalue weighted by Crippen LogP contribution is -2.14. The second kappa shape index (κ2) is 6.78. The average molecular weight is 362 g/mol. The number of pyridine rings is 1. The fraction of sp³-hybridized carbons (Fsp3) is 0.375. The summed E-state index contributed by atoms with van der Waals surface area (Å²) in [5.74, 6) is 0.150. The maximum Gasteiger partial charge on any atom is 0.434 e. The molecule has 134 valence electrons. The normalized spacial score (nSPS) is 12.2. The van der Waals surface area contributed by atoms with E-state index in [1.807, 2.05) is 0 Å². The highest BCUT2D eigenvalue weighted by molar-refractivity contribution is 5.90. The molecule has 0 bridgehead atoms. The molecule has 0 aliphatic rings. The van der Waals surface area contributed by atoms with Crippen LogP contribution < -0.4 is 4.74 Å². The number of alkyl halides is 6. The first-order valence-electron chi connectivity index (χ1n) is 7.12. The standard InChI is InChI=1S/C16H12F6N2O/c1-25-12-6-2-5-11-13(12)9(4-3-7-15(17,18)19)10(8-23)14(24-11)16(20,21)22/h2,5-6H,3-4,7H2,1H3. The molecule has 9 heteroatoms. The van der Waals surface area contributed by atoms with Crippen LogP contribution in [0.4, 0.5) is 26.3 Å². The summed E-state index contributed by atoms with van der Waals surface area (Å²) in [4.78, 5) is 3.49. The van der Waals surface area contributed by atoms with E-state index in [4.69, 9.17) is 4.74 Å². The molecule has 25 heavy (non-hydrogen) atoms. The van der Waals surface area contributed by atoms with Crippen LogP contribution in [0.5, 0.6) is 5.75 Å². The molecule has 0 aliphatic heterocycles. The van der Waals surface area contributed by atoms with Gasteiger partial charge in [0.1, 0.15) is 11.8 Å². The number of nitriles is 1. The van der Waals surface area contributed by atoms with Crippen LogP contribution >= 0.6 is 0 Å². The minimum atomic E-state index is -4.90. The number of fused-ring (bicyclic) bond motifs is 1. The Labute approximate surface area is 138 Å². The van der Waals surface area contributed by atoms with Crippen LogP contribution in [0.1, 0.15) is 29.7 Å². The summed E-state index contributed by atoms with van der Waals surface area (Å²) in [5, 5.41) is 9.31. The van der Waals surface area contributed by atoms with Crippen LogP contribution in [0.2, 0.25) is 0 Å². The van der Waals surface area contributed by atoms with E-state index in [9.17, 15) is 31.6 Å². The molecule has 0 fully saturated rings. The van der Waals surface area contributed by atoms with Gasteiger partial charge in [0.25, 0.3) is 0 Å². The van der Waals surface area contributed by atoms with Crippen molar-refractivity contribution in [2.75, 3.05) is 7.11 Å². The molecule has 0 saturated heterocycles. The second-order valence-corrected chi connectivity index (χ2v) is 5.25. The Morgan fingerprint density at radius 2 is 1.84 bits per heavy atom. The highest BCUT2D eigenvalue weighted by Crippen LogP contribution is 2.38. The molecular weight excluding hydrogens is 350 g/mol. The minimum Gasteiger partial charge on any atom is -0.496 e. The van der Waals surface area contributed by atoms with Crippen molar-refractivity contribution in [2.24, 2.45) is 0 Å². The molecule has 0 amide bonds. The summed E-state index contributed by atoms with van der Waals surface area (Å²) in [5.41, 5.74) is -2.40. The van der Waals surface area contributed by atoms with Gasteiger partial charge in [0.2, 0.25) is 0 Å². The van der Waals surface area contributed by atoms with Crippen molar-refractivity contribution in [1.82, 2.24) is 4.98 Å². The predicted molar refractivity (Wildman–Crippen MR) is 77.0 cm³/mol. The smallest absolute Gasteiger partial charge is 0.434 e. The average Bonchev–Trinajstić information content (AvgIpc) is 2.51. The van der Waals surface area contributed by atoms with Gasteiger partial charge >= 0.3 is 12.4 Å². The number of hydrogen-bond acceptors (Lipinski definition) is 3.